The molecule has 0 fully saturated rings. The molecule has 0 bridgehead atoms. The van der Waals surface area contributed by atoms with Crippen molar-refractivity contribution in [3.63, 3.8) is 0 Å². The largest absolute Gasteiger partial charge is 0.462 e. The Hall–Kier alpha value is -3.74. The molecular formula is C56H91NO5. The number of hydrogen-bond donors (Lipinski definition) is 3. The summed E-state index contributed by atoms with van der Waals surface area (Å²) in [5.41, 5.74) is 0. The standard InChI is InChI=1S/C56H91NO5/c1-4-7-10-13-16-19-22-24-26-27-29-31-34-37-40-43-46-49-56(61)62-52(47-44-41-38-35-32-21-18-15-12-9-6-3)50-55(60)57-53(51-58)54(59)48-45-42-39-36-33-30-28-25-23-20-17-14-11-8-5-2/h7,9-10,12-13,15-16,18-19,21-22,24,26-27,29,31-32,34-35,38,52-54,58-59H,4-6,8,11,14,17,20,23,25,28,30,33,36-37,39-51H2,1-3H3,(H,57,60)/b10-7-,12-9+,16-13+,18-15+,22-19+,26-24-,29-27+,32-21-,34-31+,38-35-. The summed E-state index contributed by atoms with van der Waals surface area (Å²) in [6, 6.07) is -0.740. The highest BCUT2D eigenvalue weighted by Gasteiger charge is 2.24. The summed E-state index contributed by atoms with van der Waals surface area (Å²) < 4.78 is 5.86. The Labute approximate surface area is 380 Å². The lowest BCUT2D eigenvalue weighted by molar-refractivity contribution is -0.151. The van der Waals surface area contributed by atoms with Crippen LogP contribution >= 0.6 is 0 Å². The maximum Gasteiger partial charge on any atom is 0.306 e. The second-order valence-electron chi connectivity index (χ2n) is 16.3. The molecule has 62 heavy (non-hydrogen) atoms. The van der Waals surface area contributed by atoms with Gasteiger partial charge in [-0.15, -0.1) is 0 Å². The van der Waals surface area contributed by atoms with E-state index in [0.717, 1.165) is 70.6 Å². The van der Waals surface area contributed by atoms with Gasteiger partial charge in [0.15, 0.2) is 0 Å². The highest BCUT2D eigenvalue weighted by atomic mass is 16.5. The van der Waals surface area contributed by atoms with Gasteiger partial charge >= 0.3 is 5.97 Å². The van der Waals surface area contributed by atoms with Gasteiger partial charge in [0, 0.05) is 6.42 Å². The fraction of sp³-hybridized carbons (Fsp3) is 0.607. The predicted molar refractivity (Wildman–Crippen MR) is 268 cm³/mol. The van der Waals surface area contributed by atoms with E-state index in [4.69, 9.17) is 4.74 Å². The van der Waals surface area contributed by atoms with E-state index in [1.54, 1.807) is 0 Å². The van der Waals surface area contributed by atoms with Gasteiger partial charge in [-0.3, -0.25) is 9.59 Å². The second-order valence-corrected chi connectivity index (χ2v) is 16.3. The molecule has 6 heteroatoms. The zero-order valence-electron chi connectivity index (χ0n) is 39.7. The molecule has 3 unspecified atom stereocenters. The number of carbonyl (C=O) groups excluding carboxylic acids is 2. The van der Waals surface area contributed by atoms with E-state index in [1.807, 2.05) is 97.2 Å². The lowest BCUT2D eigenvalue weighted by Crippen LogP contribution is -2.46. The number of allylic oxidation sites excluding steroid dienone is 20. The van der Waals surface area contributed by atoms with Crippen molar-refractivity contribution < 1.29 is 24.5 Å². The van der Waals surface area contributed by atoms with Gasteiger partial charge in [-0.1, -0.05) is 245 Å². The summed E-state index contributed by atoms with van der Waals surface area (Å²) in [7, 11) is 0. The molecule has 6 nitrogen and oxygen atoms in total. The average Bonchev–Trinajstić information content (AvgIpc) is 3.26. The zero-order chi connectivity index (χ0) is 45.2. The smallest absolute Gasteiger partial charge is 0.306 e. The van der Waals surface area contributed by atoms with Gasteiger partial charge in [0.1, 0.15) is 6.10 Å². The third kappa shape index (κ3) is 42.9. The van der Waals surface area contributed by atoms with Gasteiger partial charge in [-0.25, -0.2) is 0 Å². The molecule has 3 N–H and O–H groups in total. The van der Waals surface area contributed by atoms with Gasteiger partial charge < -0.3 is 20.3 Å². The Kier molecular flexibility index (Phi) is 45.4. The van der Waals surface area contributed by atoms with E-state index in [1.165, 1.54) is 77.0 Å². The summed E-state index contributed by atoms with van der Waals surface area (Å²) in [5.74, 6) is -0.607. The van der Waals surface area contributed by atoms with E-state index < -0.39 is 18.2 Å². The van der Waals surface area contributed by atoms with Crippen LogP contribution in [0.4, 0.5) is 0 Å². The van der Waals surface area contributed by atoms with Gasteiger partial charge in [-0.05, 0) is 57.8 Å². The first-order valence-corrected chi connectivity index (χ1v) is 24.9. The molecule has 0 radical (unpaired) electrons. The molecule has 0 heterocycles. The molecule has 1 amide bonds. The first kappa shape index (κ1) is 58.3. The van der Waals surface area contributed by atoms with Crippen LogP contribution in [0.15, 0.2) is 122 Å². The summed E-state index contributed by atoms with van der Waals surface area (Å²) in [4.78, 5) is 26.1. The maximum absolute atomic E-state index is 13.2. The van der Waals surface area contributed by atoms with Crippen molar-refractivity contribution in [3.05, 3.63) is 122 Å². The third-order valence-corrected chi connectivity index (χ3v) is 10.5. The SMILES string of the molecule is CC\C=C/C=C/C=C/C=C\C=C\C=C\CCCCCC(=O)OC(CCC\C=C/C=C\C=C\C=C\CC)CC(=O)NC(CO)C(O)CCCCCCCCCCCCCCCCC. The number of esters is 1. The fourth-order valence-corrected chi connectivity index (χ4v) is 6.83. The van der Waals surface area contributed by atoms with Crippen molar-refractivity contribution in [1.82, 2.24) is 5.32 Å². The van der Waals surface area contributed by atoms with E-state index >= 15 is 0 Å². The van der Waals surface area contributed by atoms with Crippen LogP contribution in [0.3, 0.4) is 0 Å². The second kappa shape index (κ2) is 48.3. The van der Waals surface area contributed by atoms with Gasteiger partial charge in [0.05, 0.1) is 25.2 Å². The molecule has 0 aromatic rings. The number of hydrogen-bond acceptors (Lipinski definition) is 5. The number of rotatable bonds is 42. The molecule has 0 aromatic carbocycles. The van der Waals surface area contributed by atoms with Crippen LogP contribution in [-0.2, 0) is 14.3 Å². The number of amides is 1. The number of unbranched alkanes of at least 4 members (excludes halogenated alkanes) is 18. The topological polar surface area (TPSA) is 95.9 Å². The molecule has 0 aliphatic rings. The summed E-state index contributed by atoms with van der Waals surface area (Å²) in [6.45, 7) is 6.15. The van der Waals surface area contributed by atoms with Crippen LogP contribution in [0, 0.1) is 0 Å². The Morgan fingerprint density at radius 2 is 0.887 bits per heavy atom. The predicted octanol–water partition coefficient (Wildman–Crippen LogP) is 14.9. The quantitative estimate of drug-likeness (QED) is 0.0323. The Bertz CT molecular complexity index is 1330. The van der Waals surface area contributed by atoms with Crippen molar-refractivity contribution in [2.75, 3.05) is 6.61 Å². The Morgan fingerprint density at radius 3 is 1.34 bits per heavy atom. The van der Waals surface area contributed by atoms with Crippen molar-refractivity contribution in [3.8, 4) is 0 Å². The van der Waals surface area contributed by atoms with E-state index in [2.05, 4.69) is 50.4 Å². The minimum atomic E-state index is -0.821. The number of aliphatic hydroxyl groups is 2. The van der Waals surface area contributed by atoms with Crippen LogP contribution < -0.4 is 5.32 Å². The summed E-state index contributed by atoms with van der Waals surface area (Å²) >= 11 is 0. The first-order chi connectivity index (χ1) is 30.5. The lowest BCUT2D eigenvalue weighted by Gasteiger charge is -2.24. The molecule has 350 valence electrons. The average molecular weight is 858 g/mol. The molecular weight excluding hydrogens is 767 g/mol. The van der Waals surface area contributed by atoms with E-state index in [9.17, 15) is 19.8 Å². The molecule has 0 saturated heterocycles. The minimum absolute atomic E-state index is 0.00505. The lowest BCUT2D eigenvalue weighted by atomic mass is 10.0. The number of nitrogens with one attached hydrogen (secondary N) is 1. The zero-order valence-corrected chi connectivity index (χ0v) is 39.7. The number of aliphatic hydroxyl groups excluding tert-OH is 2. The highest BCUT2D eigenvalue weighted by Crippen LogP contribution is 2.16. The third-order valence-electron chi connectivity index (χ3n) is 10.5. The monoisotopic (exact) mass is 858 g/mol. The van der Waals surface area contributed by atoms with Gasteiger partial charge in [-0.2, -0.15) is 0 Å². The summed E-state index contributed by atoms with van der Waals surface area (Å²) in [5, 5.41) is 23.7. The molecule has 0 aromatic heterocycles. The Morgan fingerprint density at radius 1 is 0.484 bits per heavy atom. The summed E-state index contributed by atoms with van der Waals surface area (Å²) in [6.07, 6.45) is 66.9. The van der Waals surface area contributed by atoms with Crippen molar-refractivity contribution >= 4 is 11.9 Å². The number of carbonyl (C=O) groups is 2. The van der Waals surface area contributed by atoms with Crippen molar-refractivity contribution in [2.24, 2.45) is 0 Å². The normalized spacial score (nSPS) is 14.3. The van der Waals surface area contributed by atoms with E-state index in [-0.39, 0.29) is 24.9 Å². The van der Waals surface area contributed by atoms with Crippen molar-refractivity contribution in [1.29, 1.82) is 0 Å². The molecule has 0 aliphatic carbocycles. The fourth-order valence-electron chi connectivity index (χ4n) is 6.83. The van der Waals surface area contributed by atoms with Crippen molar-refractivity contribution in [2.45, 2.75) is 212 Å². The van der Waals surface area contributed by atoms with Crippen LogP contribution in [0.2, 0.25) is 0 Å². The highest BCUT2D eigenvalue weighted by molar-refractivity contribution is 5.77. The molecule has 3 atom stereocenters. The maximum atomic E-state index is 13.2. The van der Waals surface area contributed by atoms with Crippen LogP contribution in [0.25, 0.3) is 0 Å². The molecule has 0 spiro atoms. The van der Waals surface area contributed by atoms with Crippen LogP contribution in [0.5, 0.6) is 0 Å². The Balaban J connectivity index is 4.71. The number of ether oxygens (including phenoxy) is 1. The van der Waals surface area contributed by atoms with E-state index in [0.29, 0.717) is 19.3 Å². The molecule has 0 rings (SSSR count). The minimum Gasteiger partial charge on any atom is -0.462 e. The first-order valence-electron chi connectivity index (χ1n) is 24.9. The van der Waals surface area contributed by atoms with Gasteiger partial charge in [0.25, 0.3) is 0 Å². The van der Waals surface area contributed by atoms with Gasteiger partial charge in [0.2, 0.25) is 5.91 Å². The van der Waals surface area contributed by atoms with Crippen LogP contribution in [0.1, 0.15) is 194 Å². The molecule has 0 aliphatic heterocycles. The van der Waals surface area contributed by atoms with Crippen LogP contribution in [-0.4, -0.2) is 46.9 Å². The molecule has 0 saturated carbocycles.